The Morgan fingerprint density at radius 1 is 1.32 bits per heavy atom. The van der Waals surface area contributed by atoms with Crippen LogP contribution in [-0.2, 0) is 4.74 Å². The maximum Gasteiger partial charge on any atom is 0.409 e. The summed E-state index contributed by atoms with van der Waals surface area (Å²) in [7, 11) is 0.154. The summed E-state index contributed by atoms with van der Waals surface area (Å²) in [4.78, 5) is 13.6. The molecule has 0 heterocycles. The van der Waals surface area contributed by atoms with Crippen molar-refractivity contribution in [2.24, 2.45) is 11.7 Å². The smallest absolute Gasteiger partial charge is 0.409 e. The molecule has 5 nitrogen and oxygen atoms in total. The largest absolute Gasteiger partial charge is 0.453 e. The van der Waals surface area contributed by atoms with Crippen molar-refractivity contribution in [2.45, 2.75) is 69.9 Å². The van der Waals surface area contributed by atoms with Crippen LogP contribution in [0.25, 0.3) is 0 Å². The maximum absolute atomic E-state index is 11.9. The number of rotatable bonds is 7. The summed E-state index contributed by atoms with van der Waals surface area (Å²) in [5.74, 6) is 0.278. The minimum atomic E-state index is -1.24. The predicted octanol–water partition coefficient (Wildman–Crippen LogP) is 2.66. The zero-order chi connectivity index (χ0) is 16.8. The summed E-state index contributed by atoms with van der Waals surface area (Å²) in [5, 5.41) is 10.5. The maximum atomic E-state index is 11.9. The van der Waals surface area contributed by atoms with Crippen molar-refractivity contribution in [2.75, 3.05) is 20.2 Å². The number of hydrogen-bond donors (Lipinski definition) is 2. The van der Waals surface area contributed by atoms with Gasteiger partial charge in [-0.15, -0.1) is 0 Å². The molecule has 1 fully saturated rings. The molecule has 22 heavy (non-hydrogen) atoms. The molecule has 0 aromatic heterocycles. The van der Waals surface area contributed by atoms with E-state index in [-0.39, 0.29) is 12.0 Å². The third-order valence-corrected chi connectivity index (χ3v) is 6.29. The molecule has 1 aliphatic rings. The zero-order valence-electron chi connectivity index (χ0n) is 14.7. The highest BCUT2D eigenvalue weighted by Crippen LogP contribution is 2.27. The van der Waals surface area contributed by atoms with E-state index in [0.717, 1.165) is 18.9 Å². The molecule has 6 heteroatoms. The quantitative estimate of drug-likeness (QED) is 0.704. The van der Waals surface area contributed by atoms with Crippen LogP contribution in [0.15, 0.2) is 0 Å². The van der Waals surface area contributed by atoms with Gasteiger partial charge in [-0.3, -0.25) is 0 Å². The summed E-state index contributed by atoms with van der Waals surface area (Å²) in [6, 6.07) is 0.609. The Balaban J connectivity index is 2.57. The number of methoxy groups -OCH3 is 1. The van der Waals surface area contributed by atoms with E-state index < -0.39 is 20.2 Å². The number of ether oxygens (including phenoxy) is 1. The van der Waals surface area contributed by atoms with Crippen molar-refractivity contribution in [1.29, 1.82) is 0 Å². The van der Waals surface area contributed by atoms with Gasteiger partial charge in [0.15, 0.2) is 0 Å². The second-order valence-electron chi connectivity index (χ2n) is 7.78. The third-order valence-electron chi connectivity index (χ3n) is 4.57. The van der Waals surface area contributed by atoms with E-state index in [9.17, 15) is 9.90 Å². The van der Waals surface area contributed by atoms with E-state index in [1.54, 1.807) is 4.90 Å². The van der Waals surface area contributed by atoms with Gasteiger partial charge in [0, 0.05) is 27.2 Å². The van der Waals surface area contributed by atoms with E-state index in [0.29, 0.717) is 13.1 Å². The Bertz CT molecular complexity index is 341. The van der Waals surface area contributed by atoms with Crippen molar-refractivity contribution >= 4 is 14.2 Å². The molecule has 1 rings (SSSR count). The van der Waals surface area contributed by atoms with E-state index in [2.05, 4.69) is 19.6 Å². The topological polar surface area (TPSA) is 75.8 Å². The molecule has 3 N–H and O–H groups in total. The van der Waals surface area contributed by atoms with Crippen LogP contribution in [0.3, 0.4) is 0 Å². The lowest BCUT2D eigenvalue weighted by molar-refractivity contribution is 0.0477. The average Bonchev–Trinajstić information content (AvgIpc) is 2.49. The molecule has 2 atom stereocenters. The van der Waals surface area contributed by atoms with Crippen LogP contribution < -0.4 is 5.73 Å². The first kappa shape index (κ1) is 19.5. The molecule has 130 valence electrons. The fourth-order valence-corrected chi connectivity index (χ4v) is 3.99. The average molecular weight is 331 g/mol. The number of carbonyl (C=O) groups is 1. The van der Waals surface area contributed by atoms with Crippen LogP contribution in [0.2, 0.25) is 25.7 Å². The zero-order valence-corrected chi connectivity index (χ0v) is 15.7. The third kappa shape index (κ3) is 6.67. The summed E-state index contributed by atoms with van der Waals surface area (Å²) in [5.41, 5.74) is 6.19. The van der Waals surface area contributed by atoms with Crippen molar-refractivity contribution in [3.8, 4) is 0 Å². The van der Waals surface area contributed by atoms with Crippen LogP contribution in [-0.4, -0.2) is 56.5 Å². The van der Waals surface area contributed by atoms with Gasteiger partial charge in [-0.2, -0.15) is 0 Å². The van der Waals surface area contributed by atoms with Gasteiger partial charge in [-0.25, -0.2) is 4.79 Å². The second kappa shape index (κ2) is 8.89. The lowest BCUT2D eigenvalue weighted by atomic mass is 9.83. The van der Waals surface area contributed by atoms with E-state index in [4.69, 9.17) is 10.5 Å². The molecule has 1 aliphatic carbocycles. The lowest BCUT2D eigenvalue weighted by Gasteiger charge is -2.33. The lowest BCUT2D eigenvalue weighted by Crippen LogP contribution is -2.50. The molecule has 1 amide bonds. The standard InChI is InChI=1S/C16H34N2O3Si/c1-21-16(20)18(10-11-22(2,3)4)12-14(17)15(19)13-8-6-5-7-9-13/h13-15,19H,5-12,17H2,1-4H3. The molecule has 0 saturated heterocycles. The van der Waals surface area contributed by atoms with Gasteiger partial charge in [0.05, 0.1) is 13.2 Å². The number of aliphatic hydroxyl groups is 1. The molecule has 0 radical (unpaired) electrons. The number of nitrogens with two attached hydrogens (primary N) is 1. The molecule has 0 bridgehead atoms. The van der Waals surface area contributed by atoms with E-state index in [1.807, 2.05) is 0 Å². The Morgan fingerprint density at radius 2 is 1.91 bits per heavy atom. The SMILES string of the molecule is COC(=O)N(CC[Si](C)(C)C)CC(N)C(O)C1CCCCC1. The second-order valence-corrected chi connectivity index (χ2v) is 13.4. The number of aliphatic hydroxyl groups excluding tert-OH is 1. The monoisotopic (exact) mass is 330 g/mol. The fraction of sp³-hybridized carbons (Fsp3) is 0.938. The Hall–Kier alpha value is -0.593. The highest BCUT2D eigenvalue weighted by Gasteiger charge is 2.29. The molecular formula is C16H34N2O3Si. The van der Waals surface area contributed by atoms with Crippen molar-refractivity contribution in [1.82, 2.24) is 4.90 Å². The summed E-state index contributed by atoms with van der Waals surface area (Å²) in [6.07, 6.45) is 4.81. The number of hydrogen-bond acceptors (Lipinski definition) is 4. The first-order chi connectivity index (χ1) is 10.2. The summed E-state index contributed by atoms with van der Waals surface area (Å²) < 4.78 is 4.87. The Labute approximate surface area is 136 Å². The minimum Gasteiger partial charge on any atom is -0.453 e. The molecule has 0 aromatic carbocycles. The van der Waals surface area contributed by atoms with Crippen LogP contribution in [0, 0.1) is 5.92 Å². The highest BCUT2D eigenvalue weighted by molar-refractivity contribution is 6.76. The van der Waals surface area contributed by atoms with Crippen molar-refractivity contribution < 1.29 is 14.6 Å². The van der Waals surface area contributed by atoms with Crippen LogP contribution in [0.1, 0.15) is 32.1 Å². The van der Waals surface area contributed by atoms with Gasteiger partial charge in [0.25, 0.3) is 0 Å². The van der Waals surface area contributed by atoms with Crippen molar-refractivity contribution in [3.05, 3.63) is 0 Å². The van der Waals surface area contributed by atoms with Gasteiger partial charge in [-0.05, 0) is 24.8 Å². The molecule has 0 spiro atoms. The molecule has 0 aliphatic heterocycles. The predicted molar refractivity (Wildman–Crippen MR) is 92.7 cm³/mol. The fourth-order valence-electron chi connectivity index (χ4n) is 3.04. The molecular weight excluding hydrogens is 296 g/mol. The number of amides is 1. The molecule has 0 aromatic rings. The van der Waals surface area contributed by atoms with E-state index in [1.165, 1.54) is 26.4 Å². The Kier molecular flexibility index (Phi) is 7.86. The van der Waals surface area contributed by atoms with Gasteiger partial charge < -0.3 is 20.5 Å². The summed E-state index contributed by atoms with van der Waals surface area (Å²) in [6.45, 7) is 7.86. The first-order valence-corrected chi connectivity index (χ1v) is 12.2. The van der Waals surface area contributed by atoms with Gasteiger partial charge in [0.2, 0.25) is 0 Å². The first-order valence-electron chi connectivity index (χ1n) is 8.51. The van der Waals surface area contributed by atoms with Crippen LogP contribution >= 0.6 is 0 Å². The van der Waals surface area contributed by atoms with Gasteiger partial charge >= 0.3 is 6.09 Å². The van der Waals surface area contributed by atoms with Gasteiger partial charge in [-0.1, -0.05) is 38.9 Å². The van der Waals surface area contributed by atoms with Crippen molar-refractivity contribution in [3.63, 3.8) is 0 Å². The summed E-state index contributed by atoms with van der Waals surface area (Å²) >= 11 is 0. The van der Waals surface area contributed by atoms with Crippen LogP contribution in [0.5, 0.6) is 0 Å². The van der Waals surface area contributed by atoms with Gasteiger partial charge in [0.1, 0.15) is 0 Å². The Morgan fingerprint density at radius 3 is 2.41 bits per heavy atom. The molecule has 1 saturated carbocycles. The van der Waals surface area contributed by atoms with E-state index >= 15 is 0 Å². The number of carbonyl (C=O) groups excluding carboxylic acids is 1. The number of nitrogens with zero attached hydrogens (tertiary/aromatic N) is 1. The normalized spacial score (nSPS) is 19.5. The highest BCUT2D eigenvalue weighted by atomic mass is 28.3. The van der Waals surface area contributed by atoms with Crippen LogP contribution in [0.4, 0.5) is 4.79 Å². The molecule has 2 unspecified atom stereocenters. The minimum absolute atomic E-state index is 0.278.